The molecule has 0 spiro atoms. The maximum absolute atomic E-state index is 11.4. The SMILES string of the molecule is CCCCCC=CCC=CCC=CCC=CCCCC(=O)OCCOC. The Hall–Kier alpha value is -1.61. The Balaban J connectivity index is 3.44. The van der Waals surface area contributed by atoms with Gasteiger partial charge in [-0.05, 0) is 44.9 Å². The van der Waals surface area contributed by atoms with Gasteiger partial charge >= 0.3 is 5.97 Å². The number of hydrogen-bond acceptors (Lipinski definition) is 3. The lowest BCUT2D eigenvalue weighted by atomic mass is 10.2. The quantitative estimate of drug-likeness (QED) is 0.172. The number of ether oxygens (including phenoxy) is 2. The molecule has 0 aliphatic heterocycles. The van der Waals surface area contributed by atoms with Crippen LogP contribution in [0.25, 0.3) is 0 Å². The Morgan fingerprint density at radius 3 is 1.81 bits per heavy atom. The van der Waals surface area contributed by atoms with E-state index in [1.807, 2.05) is 0 Å². The molecule has 3 heteroatoms. The van der Waals surface area contributed by atoms with Gasteiger partial charge in [0.15, 0.2) is 0 Å². The van der Waals surface area contributed by atoms with Crippen LogP contribution in [-0.4, -0.2) is 26.3 Å². The van der Waals surface area contributed by atoms with Gasteiger partial charge in [0.1, 0.15) is 6.61 Å². The Labute approximate surface area is 160 Å². The van der Waals surface area contributed by atoms with Crippen molar-refractivity contribution in [3.05, 3.63) is 48.6 Å². The molecule has 0 bridgehead atoms. The summed E-state index contributed by atoms with van der Waals surface area (Å²) in [5, 5.41) is 0. The van der Waals surface area contributed by atoms with Gasteiger partial charge in [-0.2, -0.15) is 0 Å². The van der Waals surface area contributed by atoms with E-state index in [2.05, 4.69) is 55.5 Å². The number of carbonyl (C=O) groups excluding carboxylic acids is 1. The number of hydrogen-bond donors (Lipinski definition) is 0. The molecular weight excluding hydrogens is 324 g/mol. The molecule has 0 radical (unpaired) electrons. The minimum absolute atomic E-state index is 0.141. The Bertz CT molecular complexity index is 419. The highest BCUT2D eigenvalue weighted by atomic mass is 16.6. The molecule has 0 atom stereocenters. The maximum Gasteiger partial charge on any atom is 0.305 e. The van der Waals surface area contributed by atoms with E-state index in [1.54, 1.807) is 7.11 Å². The summed E-state index contributed by atoms with van der Waals surface area (Å²) in [5.74, 6) is -0.141. The molecule has 0 rings (SSSR count). The fraction of sp³-hybridized carbons (Fsp3) is 0.609. The summed E-state index contributed by atoms with van der Waals surface area (Å²) in [6, 6.07) is 0. The molecule has 0 saturated heterocycles. The highest BCUT2D eigenvalue weighted by Gasteiger charge is 2.00. The Kier molecular flexibility index (Phi) is 20.1. The summed E-state index contributed by atoms with van der Waals surface area (Å²) < 4.78 is 9.83. The van der Waals surface area contributed by atoms with Gasteiger partial charge in [-0.25, -0.2) is 0 Å². The van der Waals surface area contributed by atoms with Crippen molar-refractivity contribution in [2.24, 2.45) is 0 Å². The third-order valence-corrected chi connectivity index (χ3v) is 3.76. The molecule has 0 aromatic carbocycles. The van der Waals surface area contributed by atoms with Gasteiger partial charge in [-0.3, -0.25) is 4.79 Å². The fourth-order valence-corrected chi connectivity index (χ4v) is 2.24. The highest BCUT2D eigenvalue weighted by Crippen LogP contribution is 2.02. The third kappa shape index (κ3) is 20.4. The van der Waals surface area contributed by atoms with E-state index in [4.69, 9.17) is 9.47 Å². The van der Waals surface area contributed by atoms with Crippen LogP contribution in [0.5, 0.6) is 0 Å². The number of carbonyl (C=O) groups is 1. The standard InChI is InChI=1S/C23H38O3/c1-3-4-5-6-7-8-9-10-11-12-13-14-15-16-17-18-19-20-23(24)26-22-21-25-2/h7-8,10-11,13-14,16-17H,3-6,9,12,15,18-22H2,1-2H3. The zero-order valence-electron chi connectivity index (χ0n) is 16.8. The zero-order chi connectivity index (χ0) is 19.1. The first kappa shape index (κ1) is 24.4. The van der Waals surface area contributed by atoms with Gasteiger partial charge in [0.2, 0.25) is 0 Å². The summed E-state index contributed by atoms with van der Waals surface area (Å²) in [5.41, 5.74) is 0. The van der Waals surface area contributed by atoms with Crippen molar-refractivity contribution in [2.45, 2.75) is 71.1 Å². The van der Waals surface area contributed by atoms with Crippen molar-refractivity contribution >= 4 is 5.97 Å². The summed E-state index contributed by atoms with van der Waals surface area (Å²) >= 11 is 0. The number of esters is 1. The Morgan fingerprint density at radius 1 is 0.731 bits per heavy atom. The minimum atomic E-state index is -0.141. The molecule has 0 aliphatic carbocycles. The summed E-state index contributed by atoms with van der Waals surface area (Å²) in [6.45, 7) is 3.04. The van der Waals surface area contributed by atoms with E-state index in [-0.39, 0.29) is 5.97 Å². The van der Waals surface area contributed by atoms with Crippen LogP contribution in [0.1, 0.15) is 71.1 Å². The first-order chi connectivity index (χ1) is 12.8. The van der Waals surface area contributed by atoms with Crippen molar-refractivity contribution in [3.63, 3.8) is 0 Å². The third-order valence-electron chi connectivity index (χ3n) is 3.76. The molecule has 0 amide bonds. The van der Waals surface area contributed by atoms with E-state index >= 15 is 0 Å². The van der Waals surface area contributed by atoms with Crippen LogP contribution < -0.4 is 0 Å². The second-order valence-corrected chi connectivity index (χ2v) is 6.19. The van der Waals surface area contributed by atoms with Crippen LogP contribution in [0.2, 0.25) is 0 Å². The van der Waals surface area contributed by atoms with Crippen LogP contribution in [0, 0.1) is 0 Å². The van der Waals surface area contributed by atoms with Gasteiger partial charge < -0.3 is 9.47 Å². The normalized spacial score (nSPS) is 12.2. The molecule has 0 N–H and O–H groups in total. The molecular formula is C23H38O3. The Morgan fingerprint density at radius 2 is 1.27 bits per heavy atom. The molecule has 26 heavy (non-hydrogen) atoms. The largest absolute Gasteiger partial charge is 0.463 e. The number of allylic oxidation sites excluding steroid dienone is 8. The van der Waals surface area contributed by atoms with E-state index in [9.17, 15) is 4.79 Å². The minimum Gasteiger partial charge on any atom is -0.463 e. The molecule has 0 unspecified atom stereocenters. The highest BCUT2D eigenvalue weighted by molar-refractivity contribution is 5.69. The fourth-order valence-electron chi connectivity index (χ4n) is 2.24. The monoisotopic (exact) mass is 362 g/mol. The number of methoxy groups -OCH3 is 1. The van der Waals surface area contributed by atoms with Gasteiger partial charge in [0.25, 0.3) is 0 Å². The second kappa shape index (κ2) is 21.4. The van der Waals surface area contributed by atoms with E-state index in [0.717, 1.165) is 32.1 Å². The first-order valence-electron chi connectivity index (χ1n) is 10.1. The van der Waals surface area contributed by atoms with E-state index in [1.165, 1.54) is 25.7 Å². The molecule has 148 valence electrons. The van der Waals surface area contributed by atoms with Crippen molar-refractivity contribution in [1.29, 1.82) is 0 Å². The lowest BCUT2D eigenvalue weighted by Crippen LogP contribution is -2.09. The molecule has 0 aromatic heterocycles. The van der Waals surface area contributed by atoms with Crippen molar-refractivity contribution in [3.8, 4) is 0 Å². The van der Waals surface area contributed by atoms with Crippen LogP contribution in [0.4, 0.5) is 0 Å². The molecule has 0 fully saturated rings. The van der Waals surface area contributed by atoms with Crippen LogP contribution in [0.3, 0.4) is 0 Å². The maximum atomic E-state index is 11.4. The summed E-state index contributed by atoms with van der Waals surface area (Å²) in [6.07, 6.45) is 28.0. The smallest absolute Gasteiger partial charge is 0.305 e. The lowest BCUT2D eigenvalue weighted by molar-refractivity contribution is -0.144. The van der Waals surface area contributed by atoms with Gasteiger partial charge in [0.05, 0.1) is 6.61 Å². The second-order valence-electron chi connectivity index (χ2n) is 6.19. The average Bonchev–Trinajstić information content (AvgIpc) is 2.64. The molecule has 0 aromatic rings. The van der Waals surface area contributed by atoms with E-state index in [0.29, 0.717) is 19.6 Å². The van der Waals surface area contributed by atoms with Crippen molar-refractivity contribution < 1.29 is 14.3 Å². The topological polar surface area (TPSA) is 35.5 Å². The van der Waals surface area contributed by atoms with Crippen LogP contribution in [-0.2, 0) is 14.3 Å². The molecule has 0 saturated carbocycles. The van der Waals surface area contributed by atoms with Crippen molar-refractivity contribution in [2.75, 3.05) is 20.3 Å². The van der Waals surface area contributed by atoms with Crippen LogP contribution >= 0.6 is 0 Å². The number of unbranched alkanes of at least 4 members (excludes halogenated alkanes) is 4. The first-order valence-corrected chi connectivity index (χ1v) is 10.1. The summed E-state index contributed by atoms with van der Waals surface area (Å²) in [7, 11) is 1.59. The predicted octanol–water partition coefficient (Wildman–Crippen LogP) is 6.32. The van der Waals surface area contributed by atoms with Gasteiger partial charge in [-0.15, -0.1) is 0 Å². The zero-order valence-corrected chi connectivity index (χ0v) is 16.8. The molecule has 0 heterocycles. The van der Waals surface area contributed by atoms with Gasteiger partial charge in [0, 0.05) is 13.5 Å². The number of rotatable bonds is 17. The van der Waals surface area contributed by atoms with Crippen molar-refractivity contribution in [1.82, 2.24) is 0 Å². The lowest BCUT2D eigenvalue weighted by Gasteiger charge is -2.02. The van der Waals surface area contributed by atoms with Gasteiger partial charge in [-0.1, -0.05) is 68.4 Å². The van der Waals surface area contributed by atoms with Crippen LogP contribution in [0.15, 0.2) is 48.6 Å². The predicted molar refractivity (Wildman–Crippen MR) is 111 cm³/mol. The average molecular weight is 363 g/mol. The van der Waals surface area contributed by atoms with E-state index < -0.39 is 0 Å². The molecule has 0 aliphatic rings. The summed E-state index contributed by atoms with van der Waals surface area (Å²) in [4.78, 5) is 11.4. The molecule has 3 nitrogen and oxygen atoms in total.